The number of amides is 1. The minimum absolute atomic E-state index is 0.0233. The molecule has 0 aliphatic carbocycles. The molecule has 9 nitrogen and oxygen atoms in total. The van der Waals surface area contributed by atoms with Gasteiger partial charge in [-0.3, -0.25) is 10.1 Å². The molecule has 1 saturated heterocycles. The maximum absolute atomic E-state index is 12.1. The summed E-state index contributed by atoms with van der Waals surface area (Å²) in [6.07, 6.45) is 2.34. The van der Waals surface area contributed by atoms with E-state index < -0.39 is 10.5 Å². The van der Waals surface area contributed by atoms with Gasteiger partial charge in [-0.25, -0.2) is 9.78 Å². The molecular weight excluding hydrogens is 328 g/mol. The van der Waals surface area contributed by atoms with Crippen molar-refractivity contribution in [2.24, 2.45) is 0 Å². The van der Waals surface area contributed by atoms with Crippen LogP contribution in [0.2, 0.25) is 0 Å². The number of piperidine rings is 1. The van der Waals surface area contributed by atoms with E-state index in [2.05, 4.69) is 10.3 Å². The Kier molecular flexibility index (Phi) is 5.78. The Morgan fingerprint density at radius 2 is 2.12 bits per heavy atom. The number of hydrogen-bond acceptors (Lipinski definition) is 7. The number of nitrogens with one attached hydrogen (secondary N) is 1. The molecule has 9 heteroatoms. The summed E-state index contributed by atoms with van der Waals surface area (Å²) in [6, 6.07) is 1.29. The molecular formula is C16H24N4O5. The number of aromatic nitrogens is 1. The van der Waals surface area contributed by atoms with Gasteiger partial charge in [-0.15, -0.1) is 0 Å². The number of anilines is 1. The number of nitrogens with zero attached hydrogens (tertiary/aromatic N) is 3. The second-order valence-electron chi connectivity index (χ2n) is 7.01. The number of likely N-dealkylation sites (tertiary alicyclic amines) is 1. The Morgan fingerprint density at radius 3 is 2.64 bits per heavy atom. The molecule has 0 saturated carbocycles. The van der Waals surface area contributed by atoms with Crippen LogP contribution in [0.3, 0.4) is 0 Å². The van der Waals surface area contributed by atoms with E-state index in [0.717, 1.165) is 0 Å². The van der Waals surface area contributed by atoms with E-state index in [1.54, 1.807) is 4.90 Å². The van der Waals surface area contributed by atoms with Crippen molar-refractivity contribution < 1.29 is 19.6 Å². The minimum atomic E-state index is -0.537. The zero-order chi connectivity index (χ0) is 18.6. The molecule has 0 bridgehead atoms. The number of pyridine rings is 1. The highest BCUT2D eigenvalue weighted by Gasteiger charge is 2.28. The summed E-state index contributed by atoms with van der Waals surface area (Å²) in [5.74, 6) is 0.179. The summed E-state index contributed by atoms with van der Waals surface area (Å²) in [5, 5.41) is 23.3. The summed E-state index contributed by atoms with van der Waals surface area (Å²) in [7, 11) is 0. The van der Waals surface area contributed by atoms with Crippen LogP contribution in [0.25, 0.3) is 0 Å². The first kappa shape index (κ1) is 18.9. The number of nitro groups is 1. The van der Waals surface area contributed by atoms with E-state index in [1.807, 2.05) is 20.8 Å². The lowest BCUT2D eigenvalue weighted by atomic mass is 10.1. The second-order valence-corrected chi connectivity index (χ2v) is 7.01. The zero-order valence-corrected chi connectivity index (χ0v) is 14.7. The van der Waals surface area contributed by atoms with Crippen molar-refractivity contribution in [2.75, 3.05) is 18.4 Å². The standard InChI is InChI=1S/C16H24N4O5/c1-16(2,3)25-15(22)19-6-4-12(5-7-19)18-14-13(20(23)24)8-11(10-21)9-17-14/h8-9,12,21H,4-7,10H2,1-3H3,(H,17,18). The highest BCUT2D eigenvalue weighted by atomic mass is 16.6. The lowest BCUT2D eigenvalue weighted by Crippen LogP contribution is -2.44. The lowest BCUT2D eigenvalue weighted by molar-refractivity contribution is -0.384. The van der Waals surface area contributed by atoms with Gasteiger partial charge >= 0.3 is 11.8 Å². The lowest BCUT2D eigenvalue weighted by Gasteiger charge is -2.33. The Labute approximate surface area is 146 Å². The van der Waals surface area contributed by atoms with Gasteiger partial charge in [0.1, 0.15) is 5.60 Å². The molecule has 0 radical (unpaired) electrons. The van der Waals surface area contributed by atoms with Crippen molar-refractivity contribution in [3.05, 3.63) is 27.9 Å². The van der Waals surface area contributed by atoms with Gasteiger partial charge in [0.2, 0.25) is 5.82 Å². The third kappa shape index (κ3) is 5.28. The van der Waals surface area contributed by atoms with E-state index >= 15 is 0 Å². The summed E-state index contributed by atoms with van der Waals surface area (Å²) >= 11 is 0. The Balaban J connectivity index is 1.96. The molecule has 1 aromatic rings. The predicted molar refractivity (Wildman–Crippen MR) is 91.3 cm³/mol. The third-order valence-corrected chi connectivity index (χ3v) is 3.79. The monoisotopic (exact) mass is 352 g/mol. The van der Waals surface area contributed by atoms with Gasteiger partial charge in [-0.1, -0.05) is 0 Å². The molecule has 2 heterocycles. The molecule has 2 rings (SSSR count). The first-order valence-electron chi connectivity index (χ1n) is 8.18. The van der Waals surface area contributed by atoms with Crippen LogP contribution in [-0.2, 0) is 11.3 Å². The number of hydrogen-bond donors (Lipinski definition) is 2. The molecule has 1 aliphatic rings. The fraction of sp³-hybridized carbons (Fsp3) is 0.625. The smallest absolute Gasteiger partial charge is 0.410 e. The zero-order valence-electron chi connectivity index (χ0n) is 14.7. The summed E-state index contributed by atoms with van der Waals surface area (Å²) in [6.45, 7) is 6.17. The number of carbonyl (C=O) groups excluding carboxylic acids is 1. The molecule has 1 aromatic heterocycles. The van der Waals surface area contributed by atoms with E-state index in [-0.39, 0.29) is 30.2 Å². The topological polar surface area (TPSA) is 118 Å². The number of aliphatic hydroxyl groups excluding tert-OH is 1. The first-order chi connectivity index (χ1) is 11.7. The van der Waals surface area contributed by atoms with Crippen LogP contribution in [0, 0.1) is 10.1 Å². The van der Waals surface area contributed by atoms with Gasteiger partial charge in [0.05, 0.1) is 11.5 Å². The van der Waals surface area contributed by atoms with Gasteiger partial charge < -0.3 is 20.1 Å². The molecule has 138 valence electrons. The molecule has 1 amide bonds. The van der Waals surface area contributed by atoms with Crippen molar-refractivity contribution >= 4 is 17.6 Å². The van der Waals surface area contributed by atoms with Crippen LogP contribution in [-0.4, -0.2) is 50.7 Å². The Hall–Kier alpha value is -2.42. The number of carbonyl (C=O) groups is 1. The molecule has 2 N–H and O–H groups in total. The normalized spacial score (nSPS) is 15.8. The number of rotatable bonds is 4. The van der Waals surface area contributed by atoms with Gasteiger partial charge in [-0.05, 0) is 33.6 Å². The largest absolute Gasteiger partial charge is 0.444 e. The highest BCUT2D eigenvalue weighted by molar-refractivity contribution is 5.68. The van der Waals surface area contributed by atoms with Crippen molar-refractivity contribution in [3.63, 3.8) is 0 Å². The summed E-state index contributed by atoms with van der Waals surface area (Å²) < 4.78 is 5.35. The van der Waals surface area contributed by atoms with E-state index in [0.29, 0.717) is 31.5 Å². The van der Waals surface area contributed by atoms with Gasteiger partial charge in [0, 0.05) is 37.0 Å². The fourth-order valence-corrected chi connectivity index (χ4v) is 2.56. The SMILES string of the molecule is CC(C)(C)OC(=O)N1CCC(Nc2ncc(CO)cc2[N+](=O)[O-])CC1. The van der Waals surface area contributed by atoms with Crippen LogP contribution in [0.5, 0.6) is 0 Å². The minimum Gasteiger partial charge on any atom is -0.444 e. The van der Waals surface area contributed by atoms with Crippen LogP contribution in [0.4, 0.5) is 16.3 Å². The molecule has 1 fully saturated rings. The Morgan fingerprint density at radius 1 is 1.48 bits per heavy atom. The fourth-order valence-electron chi connectivity index (χ4n) is 2.56. The molecule has 0 spiro atoms. The first-order valence-corrected chi connectivity index (χ1v) is 8.18. The number of ether oxygens (including phenoxy) is 1. The average molecular weight is 352 g/mol. The molecule has 0 unspecified atom stereocenters. The van der Waals surface area contributed by atoms with Gasteiger partial charge in [-0.2, -0.15) is 0 Å². The molecule has 0 aromatic carbocycles. The predicted octanol–water partition coefficient (Wildman–Crippen LogP) is 2.29. The molecule has 0 atom stereocenters. The van der Waals surface area contributed by atoms with E-state index in [4.69, 9.17) is 9.84 Å². The number of aliphatic hydroxyl groups is 1. The second kappa shape index (κ2) is 7.64. The van der Waals surface area contributed by atoms with Crippen LogP contribution >= 0.6 is 0 Å². The van der Waals surface area contributed by atoms with Gasteiger partial charge in [0.15, 0.2) is 0 Å². The van der Waals surface area contributed by atoms with Crippen LogP contribution in [0.1, 0.15) is 39.2 Å². The molecule has 1 aliphatic heterocycles. The van der Waals surface area contributed by atoms with Crippen molar-refractivity contribution in [1.29, 1.82) is 0 Å². The Bertz CT molecular complexity index is 636. The van der Waals surface area contributed by atoms with Gasteiger partial charge in [0.25, 0.3) is 0 Å². The maximum atomic E-state index is 12.1. The van der Waals surface area contributed by atoms with Crippen LogP contribution in [0.15, 0.2) is 12.3 Å². The summed E-state index contributed by atoms with van der Waals surface area (Å²) in [4.78, 5) is 28.4. The highest BCUT2D eigenvalue weighted by Crippen LogP contribution is 2.26. The van der Waals surface area contributed by atoms with Crippen molar-refractivity contribution in [3.8, 4) is 0 Å². The quantitative estimate of drug-likeness (QED) is 0.630. The van der Waals surface area contributed by atoms with E-state index in [9.17, 15) is 14.9 Å². The van der Waals surface area contributed by atoms with Crippen molar-refractivity contribution in [1.82, 2.24) is 9.88 Å². The molecule has 25 heavy (non-hydrogen) atoms. The third-order valence-electron chi connectivity index (χ3n) is 3.79. The summed E-state index contributed by atoms with van der Waals surface area (Å²) in [5.41, 5.74) is -0.316. The maximum Gasteiger partial charge on any atom is 0.410 e. The van der Waals surface area contributed by atoms with Crippen molar-refractivity contribution in [2.45, 2.75) is 51.9 Å². The average Bonchev–Trinajstić information content (AvgIpc) is 2.54. The van der Waals surface area contributed by atoms with E-state index in [1.165, 1.54) is 12.3 Å². The van der Waals surface area contributed by atoms with Crippen LogP contribution < -0.4 is 5.32 Å².